The molecular weight excluding hydrogens is 174 g/mol. The van der Waals surface area contributed by atoms with Crippen molar-refractivity contribution in [2.45, 2.75) is 33.1 Å². The van der Waals surface area contributed by atoms with Crippen LogP contribution >= 0.6 is 0 Å². The van der Waals surface area contributed by atoms with E-state index in [9.17, 15) is 0 Å². The molecule has 0 radical (unpaired) electrons. The van der Waals surface area contributed by atoms with Gasteiger partial charge in [-0.15, -0.1) is 11.8 Å². The molecule has 0 aromatic rings. The van der Waals surface area contributed by atoms with E-state index >= 15 is 0 Å². The molecule has 0 aromatic carbocycles. The Morgan fingerprint density at radius 1 is 1.21 bits per heavy atom. The van der Waals surface area contributed by atoms with Crippen molar-refractivity contribution in [1.82, 2.24) is 4.90 Å². The lowest BCUT2D eigenvalue weighted by Gasteiger charge is -2.14. The van der Waals surface area contributed by atoms with E-state index in [4.69, 9.17) is 4.74 Å². The highest BCUT2D eigenvalue weighted by Gasteiger charge is 1.95. The molecule has 0 amide bonds. The van der Waals surface area contributed by atoms with Crippen molar-refractivity contribution in [3.05, 3.63) is 0 Å². The van der Waals surface area contributed by atoms with Crippen LogP contribution in [-0.2, 0) is 4.74 Å². The summed E-state index contributed by atoms with van der Waals surface area (Å²) in [5, 5.41) is 0. The summed E-state index contributed by atoms with van der Waals surface area (Å²) >= 11 is 0. The van der Waals surface area contributed by atoms with Gasteiger partial charge >= 0.3 is 0 Å². The molecule has 0 rings (SSSR count). The topological polar surface area (TPSA) is 12.5 Å². The van der Waals surface area contributed by atoms with Crippen molar-refractivity contribution in [2.75, 3.05) is 33.4 Å². The van der Waals surface area contributed by atoms with Gasteiger partial charge in [-0.2, -0.15) is 0 Å². The van der Waals surface area contributed by atoms with Gasteiger partial charge in [-0.25, -0.2) is 0 Å². The van der Waals surface area contributed by atoms with Gasteiger partial charge in [-0.05, 0) is 33.4 Å². The summed E-state index contributed by atoms with van der Waals surface area (Å²) in [4.78, 5) is 2.34. The Balaban J connectivity index is 3.07. The largest absolute Gasteiger partial charge is 0.380 e. The maximum atomic E-state index is 5.44. The highest BCUT2D eigenvalue weighted by atomic mass is 16.5. The number of ether oxygens (including phenoxy) is 1. The van der Waals surface area contributed by atoms with Gasteiger partial charge in [0.15, 0.2) is 0 Å². The van der Waals surface area contributed by atoms with Crippen LogP contribution in [0.15, 0.2) is 0 Å². The SMILES string of the molecule is CC#CCCOCCCN(C)CCC. The van der Waals surface area contributed by atoms with Gasteiger partial charge in [0.25, 0.3) is 0 Å². The molecule has 0 saturated heterocycles. The quantitative estimate of drug-likeness (QED) is 0.437. The smallest absolute Gasteiger partial charge is 0.0575 e. The zero-order valence-electron chi connectivity index (χ0n) is 9.81. The summed E-state index contributed by atoms with van der Waals surface area (Å²) in [5.74, 6) is 5.84. The van der Waals surface area contributed by atoms with Crippen molar-refractivity contribution in [3.8, 4) is 11.8 Å². The second-order valence-electron chi connectivity index (χ2n) is 3.45. The molecule has 0 bridgehead atoms. The molecule has 0 unspecified atom stereocenters. The monoisotopic (exact) mass is 197 g/mol. The highest BCUT2D eigenvalue weighted by Crippen LogP contribution is 1.91. The molecule has 0 aromatic heterocycles. The van der Waals surface area contributed by atoms with Gasteiger partial charge in [0.2, 0.25) is 0 Å². The van der Waals surface area contributed by atoms with E-state index < -0.39 is 0 Å². The van der Waals surface area contributed by atoms with E-state index in [2.05, 4.69) is 30.7 Å². The van der Waals surface area contributed by atoms with Crippen LogP contribution in [0.5, 0.6) is 0 Å². The molecule has 0 spiro atoms. The molecule has 0 N–H and O–H groups in total. The van der Waals surface area contributed by atoms with Gasteiger partial charge in [0, 0.05) is 19.6 Å². The van der Waals surface area contributed by atoms with Crippen LogP contribution in [0.2, 0.25) is 0 Å². The molecule has 0 fully saturated rings. The third-order valence-electron chi connectivity index (χ3n) is 1.98. The summed E-state index contributed by atoms with van der Waals surface area (Å²) < 4.78 is 5.44. The maximum absolute atomic E-state index is 5.44. The summed E-state index contributed by atoms with van der Waals surface area (Å²) in [6.07, 6.45) is 3.21. The fourth-order valence-electron chi connectivity index (χ4n) is 1.28. The Morgan fingerprint density at radius 3 is 2.64 bits per heavy atom. The first-order valence-corrected chi connectivity index (χ1v) is 5.47. The third-order valence-corrected chi connectivity index (χ3v) is 1.98. The van der Waals surface area contributed by atoms with Crippen LogP contribution in [0.3, 0.4) is 0 Å². The molecule has 2 heteroatoms. The fraction of sp³-hybridized carbons (Fsp3) is 0.833. The number of hydrogen-bond acceptors (Lipinski definition) is 2. The second-order valence-corrected chi connectivity index (χ2v) is 3.45. The molecule has 0 saturated carbocycles. The van der Waals surface area contributed by atoms with E-state index in [1.54, 1.807) is 0 Å². The van der Waals surface area contributed by atoms with E-state index in [0.717, 1.165) is 32.6 Å². The highest BCUT2D eigenvalue weighted by molar-refractivity contribution is 4.94. The standard InChI is InChI=1S/C12H23NO/c1-4-6-7-11-14-12-8-10-13(3)9-5-2/h5,7-12H2,1-3H3. The Morgan fingerprint density at radius 2 is 2.00 bits per heavy atom. The average molecular weight is 197 g/mol. The van der Waals surface area contributed by atoms with Gasteiger partial charge in [-0.3, -0.25) is 0 Å². The molecule has 2 nitrogen and oxygen atoms in total. The Bertz CT molecular complexity index is 169. The van der Waals surface area contributed by atoms with Gasteiger partial charge in [0.1, 0.15) is 0 Å². The van der Waals surface area contributed by atoms with Gasteiger partial charge in [0.05, 0.1) is 6.61 Å². The van der Waals surface area contributed by atoms with Gasteiger partial charge < -0.3 is 9.64 Å². The van der Waals surface area contributed by atoms with Crippen molar-refractivity contribution in [2.24, 2.45) is 0 Å². The minimum absolute atomic E-state index is 0.776. The molecular formula is C12H23NO. The molecule has 14 heavy (non-hydrogen) atoms. The van der Waals surface area contributed by atoms with Gasteiger partial charge in [-0.1, -0.05) is 6.92 Å². The van der Waals surface area contributed by atoms with Crippen LogP contribution < -0.4 is 0 Å². The summed E-state index contributed by atoms with van der Waals surface area (Å²) in [5.41, 5.74) is 0. The van der Waals surface area contributed by atoms with Crippen molar-refractivity contribution < 1.29 is 4.74 Å². The van der Waals surface area contributed by atoms with Crippen LogP contribution in [0.1, 0.15) is 33.1 Å². The lowest BCUT2D eigenvalue weighted by molar-refractivity contribution is 0.129. The average Bonchev–Trinajstić information content (AvgIpc) is 2.17. The minimum atomic E-state index is 0.776. The molecule has 0 atom stereocenters. The predicted molar refractivity (Wildman–Crippen MR) is 61.3 cm³/mol. The minimum Gasteiger partial charge on any atom is -0.380 e. The summed E-state index contributed by atoms with van der Waals surface area (Å²) in [7, 11) is 2.16. The third kappa shape index (κ3) is 9.57. The Kier molecular flexibility index (Phi) is 10.2. The number of hydrogen-bond donors (Lipinski definition) is 0. The number of nitrogens with zero attached hydrogens (tertiary/aromatic N) is 1. The summed E-state index contributed by atoms with van der Waals surface area (Å²) in [6, 6.07) is 0. The molecule has 82 valence electrons. The van der Waals surface area contributed by atoms with Crippen LogP contribution in [0.4, 0.5) is 0 Å². The lowest BCUT2D eigenvalue weighted by Crippen LogP contribution is -2.21. The predicted octanol–water partition coefficient (Wildman–Crippen LogP) is 2.15. The first-order chi connectivity index (χ1) is 6.81. The normalized spacial score (nSPS) is 10.0. The molecule has 0 heterocycles. The van der Waals surface area contributed by atoms with Crippen molar-refractivity contribution in [3.63, 3.8) is 0 Å². The van der Waals surface area contributed by atoms with E-state index in [1.807, 2.05) is 6.92 Å². The molecule has 0 aliphatic heterocycles. The van der Waals surface area contributed by atoms with Crippen LogP contribution in [-0.4, -0.2) is 38.3 Å². The Hall–Kier alpha value is -0.520. The fourth-order valence-corrected chi connectivity index (χ4v) is 1.28. The van der Waals surface area contributed by atoms with E-state index in [-0.39, 0.29) is 0 Å². The zero-order chi connectivity index (χ0) is 10.6. The summed E-state index contributed by atoms with van der Waals surface area (Å²) in [6.45, 7) is 8.02. The first kappa shape index (κ1) is 13.5. The zero-order valence-corrected chi connectivity index (χ0v) is 9.81. The lowest BCUT2D eigenvalue weighted by atomic mass is 10.4. The molecule has 0 aliphatic carbocycles. The second kappa shape index (κ2) is 10.6. The van der Waals surface area contributed by atoms with E-state index in [1.165, 1.54) is 13.0 Å². The maximum Gasteiger partial charge on any atom is 0.0575 e. The number of rotatable bonds is 8. The van der Waals surface area contributed by atoms with Crippen LogP contribution in [0, 0.1) is 11.8 Å². The van der Waals surface area contributed by atoms with E-state index in [0.29, 0.717) is 0 Å². The van der Waals surface area contributed by atoms with Crippen molar-refractivity contribution in [1.29, 1.82) is 0 Å². The van der Waals surface area contributed by atoms with Crippen molar-refractivity contribution >= 4 is 0 Å². The first-order valence-electron chi connectivity index (χ1n) is 5.47. The van der Waals surface area contributed by atoms with Crippen LogP contribution in [0.25, 0.3) is 0 Å². The Labute approximate surface area is 88.6 Å². The molecule has 0 aliphatic rings.